The second-order valence-corrected chi connectivity index (χ2v) is 5.95. The molecule has 0 spiro atoms. The van der Waals surface area contributed by atoms with E-state index >= 15 is 0 Å². The van der Waals surface area contributed by atoms with Crippen molar-refractivity contribution in [2.45, 2.75) is 6.10 Å². The van der Waals surface area contributed by atoms with Crippen LogP contribution >= 0.6 is 11.6 Å². The van der Waals surface area contributed by atoms with Gasteiger partial charge in [-0.15, -0.1) is 0 Å². The van der Waals surface area contributed by atoms with Crippen LogP contribution in [-0.2, 0) is 4.74 Å². The summed E-state index contributed by atoms with van der Waals surface area (Å²) in [4.78, 5) is 27.6. The van der Waals surface area contributed by atoms with Gasteiger partial charge in [-0.05, 0) is 12.1 Å². The van der Waals surface area contributed by atoms with Gasteiger partial charge in [-0.25, -0.2) is 9.97 Å². The smallest absolute Gasteiger partial charge is 0.270 e. The van der Waals surface area contributed by atoms with Crippen molar-refractivity contribution in [1.29, 1.82) is 0 Å². The summed E-state index contributed by atoms with van der Waals surface area (Å²) in [6.45, 7) is 1.45. The number of hydrogen-bond donors (Lipinski definition) is 1. The molecule has 1 N–H and O–H groups in total. The number of amides is 1. The fourth-order valence-electron chi connectivity index (χ4n) is 2.43. The number of nitrogens with one attached hydrogen (secondary N) is 1. The summed E-state index contributed by atoms with van der Waals surface area (Å²) in [5.41, 5.74) is 1.25. The maximum Gasteiger partial charge on any atom is 0.270 e. The second-order valence-electron chi connectivity index (χ2n) is 5.52. The summed E-state index contributed by atoms with van der Waals surface area (Å²) < 4.78 is 5.78. The largest absolute Gasteiger partial charge is 0.368 e. The van der Waals surface area contributed by atoms with Crippen molar-refractivity contribution in [1.82, 2.24) is 19.9 Å². The highest BCUT2D eigenvalue weighted by molar-refractivity contribution is 6.30. The molecule has 0 radical (unpaired) electrons. The molecule has 2 aromatic rings. The molecule has 0 aliphatic carbocycles. The Balaban J connectivity index is 1.75. The molecule has 2 aromatic heterocycles. The molecule has 7 nitrogen and oxygen atoms in total. The molecular formula is C15H18ClN5O2. The van der Waals surface area contributed by atoms with Crippen LogP contribution in [0.4, 0.5) is 5.95 Å². The molecule has 1 saturated heterocycles. The monoisotopic (exact) mass is 335 g/mol. The quantitative estimate of drug-likeness (QED) is 0.924. The zero-order valence-electron chi connectivity index (χ0n) is 13.0. The van der Waals surface area contributed by atoms with Crippen LogP contribution in [0.5, 0.6) is 0 Å². The fourth-order valence-corrected chi connectivity index (χ4v) is 2.59. The third-order valence-electron chi connectivity index (χ3n) is 3.63. The van der Waals surface area contributed by atoms with Crippen molar-refractivity contribution >= 4 is 23.5 Å². The van der Waals surface area contributed by atoms with Crippen molar-refractivity contribution in [2.75, 3.05) is 38.7 Å². The molecule has 1 unspecified atom stereocenters. The highest BCUT2D eigenvalue weighted by Crippen LogP contribution is 2.23. The number of nitrogens with zero attached hydrogens (tertiary/aromatic N) is 4. The predicted octanol–water partition coefficient (Wildman–Crippen LogP) is 1.74. The van der Waals surface area contributed by atoms with Crippen molar-refractivity contribution in [3.63, 3.8) is 0 Å². The predicted molar refractivity (Wildman–Crippen MR) is 86.8 cm³/mol. The number of anilines is 1. The Labute approximate surface area is 139 Å². The molecule has 122 valence electrons. The number of carbonyl (C=O) groups is 1. The Morgan fingerprint density at radius 1 is 1.52 bits per heavy atom. The van der Waals surface area contributed by atoms with Crippen molar-refractivity contribution in [2.24, 2.45) is 0 Å². The Hall–Kier alpha value is -2.12. The normalized spacial score (nSPS) is 18.0. The summed E-state index contributed by atoms with van der Waals surface area (Å²) in [5.74, 6) is 0.526. The van der Waals surface area contributed by atoms with Gasteiger partial charge in [0.25, 0.3) is 5.91 Å². The highest BCUT2D eigenvalue weighted by atomic mass is 35.5. The molecule has 3 heterocycles. The van der Waals surface area contributed by atoms with E-state index in [1.165, 1.54) is 0 Å². The summed E-state index contributed by atoms with van der Waals surface area (Å²) >= 11 is 5.87. The van der Waals surface area contributed by atoms with E-state index in [9.17, 15) is 4.79 Å². The van der Waals surface area contributed by atoms with Crippen molar-refractivity contribution in [3.05, 3.63) is 40.9 Å². The molecule has 3 rings (SSSR count). The lowest BCUT2D eigenvalue weighted by Gasteiger charge is -2.32. The van der Waals surface area contributed by atoms with Crippen LogP contribution in [0, 0.1) is 0 Å². The summed E-state index contributed by atoms with van der Waals surface area (Å²) in [7, 11) is 3.76. The Bertz CT molecular complexity index is 703. The molecule has 0 saturated carbocycles. The summed E-state index contributed by atoms with van der Waals surface area (Å²) in [6, 6.07) is 3.44. The van der Waals surface area contributed by atoms with Crippen LogP contribution < -0.4 is 4.90 Å². The SMILES string of the molecule is CN(C)c1nccc(C2CN(C(=O)c3cc(Cl)c[nH]3)CCO2)n1. The third-order valence-corrected chi connectivity index (χ3v) is 3.84. The maximum atomic E-state index is 12.5. The van der Waals surface area contributed by atoms with E-state index in [0.29, 0.717) is 36.4 Å². The van der Waals surface area contributed by atoms with Gasteiger partial charge in [0.15, 0.2) is 0 Å². The Morgan fingerprint density at radius 2 is 2.35 bits per heavy atom. The number of aromatic nitrogens is 3. The second kappa shape index (κ2) is 6.55. The standard InChI is InChI=1S/C15H18ClN5O2/c1-20(2)15-17-4-3-11(19-15)13-9-21(5-6-23-13)14(22)12-7-10(16)8-18-12/h3-4,7-8,13,18H,5-6,9H2,1-2H3. The van der Waals surface area contributed by atoms with Gasteiger partial charge in [-0.1, -0.05) is 11.6 Å². The number of aromatic amines is 1. The molecule has 23 heavy (non-hydrogen) atoms. The first-order chi connectivity index (χ1) is 11.0. The number of halogens is 1. The molecule has 0 aromatic carbocycles. The first-order valence-electron chi connectivity index (χ1n) is 7.29. The van der Waals surface area contributed by atoms with Crippen LogP contribution in [0.1, 0.15) is 22.3 Å². The van der Waals surface area contributed by atoms with E-state index in [-0.39, 0.29) is 12.0 Å². The average Bonchev–Trinajstić information content (AvgIpc) is 3.01. The highest BCUT2D eigenvalue weighted by Gasteiger charge is 2.28. The van der Waals surface area contributed by atoms with Gasteiger partial charge in [0.2, 0.25) is 5.95 Å². The van der Waals surface area contributed by atoms with Crippen molar-refractivity contribution in [3.8, 4) is 0 Å². The zero-order chi connectivity index (χ0) is 16.4. The molecular weight excluding hydrogens is 318 g/mol. The number of rotatable bonds is 3. The van der Waals surface area contributed by atoms with E-state index in [0.717, 1.165) is 5.69 Å². The van der Waals surface area contributed by atoms with E-state index < -0.39 is 0 Å². The molecule has 1 fully saturated rings. The van der Waals surface area contributed by atoms with E-state index in [4.69, 9.17) is 16.3 Å². The first kappa shape index (κ1) is 15.8. The average molecular weight is 336 g/mol. The lowest BCUT2D eigenvalue weighted by molar-refractivity contribution is -0.0249. The lowest BCUT2D eigenvalue weighted by Crippen LogP contribution is -2.42. The van der Waals surface area contributed by atoms with Crippen LogP contribution in [0.2, 0.25) is 5.02 Å². The Kier molecular flexibility index (Phi) is 4.49. The van der Waals surface area contributed by atoms with E-state index in [1.807, 2.05) is 25.1 Å². The maximum absolute atomic E-state index is 12.5. The molecule has 1 atom stereocenters. The number of H-pyrrole nitrogens is 1. The minimum Gasteiger partial charge on any atom is -0.368 e. The fraction of sp³-hybridized carbons (Fsp3) is 0.400. The van der Waals surface area contributed by atoms with Gasteiger partial charge in [-0.3, -0.25) is 4.79 Å². The van der Waals surface area contributed by atoms with Crippen LogP contribution in [0.15, 0.2) is 24.5 Å². The van der Waals surface area contributed by atoms with Crippen LogP contribution in [0.3, 0.4) is 0 Å². The molecule has 0 bridgehead atoms. The number of hydrogen-bond acceptors (Lipinski definition) is 5. The third kappa shape index (κ3) is 3.46. The summed E-state index contributed by atoms with van der Waals surface area (Å²) in [6.07, 6.45) is 3.03. The topological polar surface area (TPSA) is 74.4 Å². The minimum atomic E-state index is -0.264. The zero-order valence-corrected chi connectivity index (χ0v) is 13.7. The molecule has 1 aliphatic rings. The van der Waals surface area contributed by atoms with E-state index in [1.54, 1.807) is 23.4 Å². The van der Waals surface area contributed by atoms with Crippen LogP contribution in [-0.4, -0.2) is 59.6 Å². The van der Waals surface area contributed by atoms with Gasteiger partial charge in [0.1, 0.15) is 11.8 Å². The van der Waals surface area contributed by atoms with E-state index in [2.05, 4.69) is 15.0 Å². The lowest BCUT2D eigenvalue weighted by atomic mass is 10.2. The molecule has 1 amide bonds. The van der Waals surface area contributed by atoms with Crippen molar-refractivity contribution < 1.29 is 9.53 Å². The Morgan fingerprint density at radius 3 is 3.04 bits per heavy atom. The molecule has 8 heteroatoms. The number of morpholine rings is 1. The van der Waals surface area contributed by atoms with Gasteiger partial charge in [-0.2, -0.15) is 0 Å². The molecule has 1 aliphatic heterocycles. The van der Waals surface area contributed by atoms with Gasteiger partial charge < -0.3 is 19.5 Å². The number of carbonyl (C=O) groups excluding carboxylic acids is 1. The number of ether oxygens (including phenoxy) is 1. The van der Waals surface area contributed by atoms with Crippen LogP contribution in [0.25, 0.3) is 0 Å². The summed E-state index contributed by atoms with van der Waals surface area (Å²) in [5, 5.41) is 0.518. The first-order valence-corrected chi connectivity index (χ1v) is 7.67. The minimum absolute atomic E-state index is 0.0907. The van der Waals surface area contributed by atoms with Gasteiger partial charge in [0.05, 0.1) is 23.9 Å². The van der Waals surface area contributed by atoms with Gasteiger partial charge in [0, 0.05) is 33.0 Å². The van der Waals surface area contributed by atoms with Gasteiger partial charge >= 0.3 is 0 Å².